The number of nitrogen functional groups attached to an aromatic ring is 1. The van der Waals surface area contributed by atoms with Crippen LogP contribution in [0.5, 0.6) is 0 Å². The van der Waals surface area contributed by atoms with E-state index in [4.69, 9.17) is 10.5 Å². The van der Waals surface area contributed by atoms with E-state index >= 15 is 0 Å². The van der Waals surface area contributed by atoms with Crippen LogP contribution < -0.4 is 11.1 Å². The summed E-state index contributed by atoms with van der Waals surface area (Å²) < 4.78 is 5.33. The number of nitrogens with one attached hydrogen (secondary N) is 2. The van der Waals surface area contributed by atoms with Crippen LogP contribution in [0.25, 0.3) is 0 Å². The maximum atomic E-state index is 11.9. The minimum Gasteiger partial charge on any atom is -0.395 e. The van der Waals surface area contributed by atoms with Crippen LogP contribution in [0.1, 0.15) is 49.3 Å². The number of carbonyl (C=O) groups is 1. The average molecular weight is 268 g/mol. The van der Waals surface area contributed by atoms with Gasteiger partial charge in [0.25, 0.3) is 5.91 Å². The molecule has 19 heavy (non-hydrogen) atoms. The molecule has 0 fully saturated rings. The maximum Gasteiger partial charge on any atom is 0.273 e. The van der Waals surface area contributed by atoms with E-state index in [9.17, 15) is 4.79 Å². The fourth-order valence-corrected chi connectivity index (χ4v) is 1.71. The molecule has 0 aliphatic heterocycles. The lowest BCUT2D eigenvalue weighted by molar-refractivity contribution is 0.0937. The first-order valence-electron chi connectivity index (χ1n) is 6.89. The van der Waals surface area contributed by atoms with Crippen molar-refractivity contribution in [3.8, 4) is 0 Å². The number of aromatic nitrogens is 2. The number of ether oxygens (including phenoxy) is 1. The van der Waals surface area contributed by atoms with Gasteiger partial charge >= 0.3 is 0 Å². The highest BCUT2D eigenvalue weighted by molar-refractivity contribution is 5.97. The van der Waals surface area contributed by atoms with Gasteiger partial charge in [-0.1, -0.05) is 20.3 Å². The second-order valence-corrected chi connectivity index (χ2v) is 4.44. The summed E-state index contributed by atoms with van der Waals surface area (Å²) in [6, 6.07) is 0. The van der Waals surface area contributed by atoms with Gasteiger partial charge in [0.1, 0.15) is 0 Å². The number of carbonyl (C=O) groups excluding carboxylic acids is 1. The van der Waals surface area contributed by atoms with Crippen molar-refractivity contribution < 1.29 is 9.53 Å². The number of rotatable bonds is 9. The molecule has 0 saturated heterocycles. The number of anilines is 1. The molecule has 0 radical (unpaired) electrons. The van der Waals surface area contributed by atoms with E-state index in [1.807, 2.05) is 0 Å². The molecule has 0 aliphatic carbocycles. The molecule has 1 rings (SSSR count). The molecule has 1 aromatic heterocycles. The Bertz CT molecular complexity index is 390. The summed E-state index contributed by atoms with van der Waals surface area (Å²) in [6.07, 6.45) is 3.56. The molecule has 0 aromatic carbocycles. The van der Waals surface area contributed by atoms with E-state index in [0.717, 1.165) is 38.0 Å². The molecule has 6 nitrogen and oxygen atoms in total. The third kappa shape index (κ3) is 4.90. The summed E-state index contributed by atoms with van der Waals surface area (Å²) in [5.74, 6) is -0.230. The topological polar surface area (TPSA) is 93.0 Å². The number of aromatic amines is 1. The summed E-state index contributed by atoms with van der Waals surface area (Å²) in [5.41, 5.74) is 7.46. The summed E-state index contributed by atoms with van der Waals surface area (Å²) in [4.78, 5) is 11.9. The molecule has 4 N–H and O–H groups in total. The number of hydrogen-bond acceptors (Lipinski definition) is 4. The van der Waals surface area contributed by atoms with Gasteiger partial charge in [-0.25, -0.2) is 0 Å². The SMILES string of the molecule is CCCOCCCNC(=O)c1n[nH]c(CCC)c1N. The fourth-order valence-electron chi connectivity index (χ4n) is 1.71. The second-order valence-electron chi connectivity index (χ2n) is 4.44. The van der Waals surface area contributed by atoms with Gasteiger partial charge in [-0.15, -0.1) is 0 Å². The van der Waals surface area contributed by atoms with E-state index in [0.29, 0.717) is 18.8 Å². The number of aryl methyl sites for hydroxylation is 1. The third-order valence-electron chi connectivity index (χ3n) is 2.70. The van der Waals surface area contributed by atoms with Gasteiger partial charge in [0.05, 0.1) is 11.4 Å². The average Bonchev–Trinajstić information content (AvgIpc) is 2.76. The second kappa shape index (κ2) is 8.53. The Balaban J connectivity index is 2.33. The summed E-state index contributed by atoms with van der Waals surface area (Å²) in [7, 11) is 0. The highest BCUT2D eigenvalue weighted by Crippen LogP contribution is 2.15. The van der Waals surface area contributed by atoms with E-state index in [1.165, 1.54) is 0 Å². The van der Waals surface area contributed by atoms with Crippen LogP contribution in [0.2, 0.25) is 0 Å². The first kappa shape index (κ1) is 15.5. The normalized spacial score (nSPS) is 10.6. The Labute approximate surface area is 114 Å². The van der Waals surface area contributed by atoms with Crippen LogP contribution in [-0.2, 0) is 11.2 Å². The number of nitrogens with two attached hydrogens (primary N) is 1. The van der Waals surface area contributed by atoms with Crippen molar-refractivity contribution in [2.75, 3.05) is 25.5 Å². The Morgan fingerprint density at radius 1 is 1.37 bits per heavy atom. The lowest BCUT2D eigenvalue weighted by Crippen LogP contribution is -2.26. The van der Waals surface area contributed by atoms with Crippen molar-refractivity contribution in [2.45, 2.75) is 39.5 Å². The van der Waals surface area contributed by atoms with Crippen LogP contribution in [-0.4, -0.2) is 35.9 Å². The first-order chi connectivity index (χ1) is 9.20. The molecule has 1 aromatic rings. The van der Waals surface area contributed by atoms with E-state index < -0.39 is 0 Å². The smallest absolute Gasteiger partial charge is 0.273 e. The number of amides is 1. The van der Waals surface area contributed by atoms with Crippen molar-refractivity contribution in [1.82, 2.24) is 15.5 Å². The maximum absolute atomic E-state index is 11.9. The molecule has 0 bridgehead atoms. The number of hydrogen-bond donors (Lipinski definition) is 3. The van der Waals surface area contributed by atoms with Crippen LogP contribution >= 0.6 is 0 Å². The molecule has 0 unspecified atom stereocenters. The third-order valence-corrected chi connectivity index (χ3v) is 2.70. The molecule has 1 heterocycles. The minimum absolute atomic E-state index is 0.230. The van der Waals surface area contributed by atoms with E-state index in [1.54, 1.807) is 0 Å². The van der Waals surface area contributed by atoms with Gasteiger partial charge in [-0.2, -0.15) is 5.10 Å². The van der Waals surface area contributed by atoms with Gasteiger partial charge in [0.15, 0.2) is 5.69 Å². The van der Waals surface area contributed by atoms with Crippen molar-refractivity contribution in [2.24, 2.45) is 0 Å². The molecule has 0 aliphatic rings. The molecular weight excluding hydrogens is 244 g/mol. The highest BCUT2D eigenvalue weighted by Gasteiger charge is 2.15. The predicted molar refractivity (Wildman–Crippen MR) is 75.1 cm³/mol. The molecule has 0 spiro atoms. The van der Waals surface area contributed by atoms with Crippen molar-refractivity contribution in [3.63, 3.8) is 0 Å². The summed E-state index contributed by atoms with van der Waals surface area (Å²) >= 11 is 0. The zero-order valence-electron chi connectivity index (χ0n) is 11.8. The largest absolute Gasteiger partial charge is 0.395 e. The first-order valence-corrected chi connectivity index (χ1v) is 6.89. The zero-order chi connectivity index (χ0) is 14.1. The fraction of sp³-hybridized carbons (Fsp3) is 0.692. The zero-order valence-corrected chi connectivity index (χ0v) is 11.8. The Morgan fingerprint density at radius 2 is 2.16 bits per heavy atom. The Kier molecular flexibility index (Phi) is 6.95. The van der Waals surface area contributed by atoms with Gasteiger partial charge in [-0.3, -0.25) is 9.89 Å². The van der Waals surface area contributed by atoms with Crippen LogP contribution in [0.4, 0.5) is 5.69 Å². The van der Waals surface area contributed by atoms with E-state index in [-0.39, 0.29) is 11.6 Å². The van der Waals surface area contributed by atoms with Crippen molar-refractivity contribution in [1.29, 1.82) is 0 Å². The lowest BCUT2D eigenvalue weighted by atomic mass is 10.2. The van der Waals surface area contributed by atoms with Crippen molar-refractivity contribution in [3.05, 3.63) is 11.4 Å². The number of nitrogens with zero attached hydrogens (tertiary/aromatic N) is 1. The molecule has 6 heteroatoms. The van der Waals surface area contributed by atoms with E-state index in [2.05, 4.69) is 29.4 Å². The monoisotopic (exact) mass is 268 g/mol. The standard InChI is InChI=1S/C13H24N4O2/c1-3-6-10-11(14)12(17-16-10)13(18)15-7-5-9-19-8-4-2/h3-9,14H2,1-2H3,(H,15,18)(H,16,17). The van der Waals surface area contributed by atoms with Gasteiger partial charge < -0.3 is 15.8 Å². The van der Waals surface area contributed by atoms with Crippen LogP contribution in [0.15, 0.2) is 0 Å². The van der Waals surface area contributed by atoms with Crippen molar-refractivity contribution >= 4 is 11.6 Å². The van der Waals surface area contributed by atoms with Gasteiger partial charge in [-0.05, 0) is 19.3 Å². The number of H-pyrrole nitrogens is 1. The molecule has 0 saturated carbocycles. The molecule has 1 amide bonds. The summed E-state index contributed by atoms with van der Waals surface area (Å²) in [6.45, 7) is 6.11. The minimum atomic E-state index is -0.230. The van der Waals surface area contributed by atoms with Gasteiger partial charge in [0.2, 0.25) is 0 Å². The molecular formula is C13H24N4O2. The highest BCUT2D eigenvalue weighted by atomic mass is 16.5. The Morgan fingerprint density at radius 3 is 2.84 bits per heavy atom. The summed E-state index contributed by atoms with van der Waals surface area (Å²) in [5, 5.41) is 9.57. The van der Waals surface area contributed by atoms with Crippen LogP contribution in [0.3, 0.4) is 0 Å². The predicted octanol–water partition coefficient (Wildman–Crippen LogP) is 1.49. The van der Waals surface area contributed by atoms with Gasteiger partial charge in [0, 0.05) is 19.8 Å². The molecule has 0 atom stereocenters. The lowest BCUT2D eigenvalue weighted by Gasteiger charge is -2.04. The van der Waals surface area contributed by atoms with Crippen LogP contribution in [0, 0.1) is 0 Å². The quantitative estimate of drug-likeness (QED) is 0.591. The molecule has 108 valence electrons. The Hall–Kier alpha value is -1.56.